The van der Waals surface area contributed by atoms with Crippen LogP contribution in [0.3, 0.4) is 0 Å². The molecule has 20 heavy (non-hydrogen) atoms. The highest BCUT2D eigenvalue weighted by Crippen LogP contribution is 2.38. The van der Waals surface area contributed by atoms with Gasteiger partial charge in [0.25, 0.3) is 0 Å². The summed E-state index contributed by atoms with van der Waals surface area (Å²) >= 11 is 0. The fourth-order valence-corrected chi connectivity index (χ4v) is 2.57. The lowest BCUT2D eigenvalue weighted by Gasteiger charge is -2.25. The Morgan fingerprint density at radius 2 is 2.25 bits per heavy atom. The van der Waals surface area contributed by atoms with Crippen LogP contribution in [0.4, 0.5) is 10.2 Å². The van der Waals surface area contributed by atoms with Crippen LogP contribution in [0, 0.1) is 5.82 Å². The molecule has 0 saturated carbocycles. The van der Waals surface area contributed by atoms with Crippen molar-refractivity contribution in [2.75, 3.05) is 5.32 Å². The SMILES string of the molecule is C[C@]1(c2cccc(F)c2)Cc2cc(C(=O)O)cnc2N1. The molecule has 0 aliphatic carbocycles. The quantitative estimate of drug-likeness (QED) is 0.882. The average Bonchev–Trinajstić information content (AvgIpc) is 2.75. The Morgan fingerprint density at radius 3 is 2.95 bits per heavy atom. The van der Waals surface area contributed by atoms with E-state index in [-0.39, 0.29) is 11.4 Å². The molecule has 0 fully saturated rings. The van der Waals surface area contributed by atoms with Gasteiger partial charge in [-0.3, -0.25) is 0 Å². The first-order valence-electron chi connectivity index (χ1n) is 6.24. The molecule has 0 unspecified atom stereocenters. The molecule has 102 valence electrons. The molecule has 5 heteroatoms. The van der Waals surface area contributed by atoms with Gasteiger partial charge in [0.05, 0.1) is 11.1 Å². The Kier molecular flexibility index (Phi) is 2.71. The fourth-order valence-electron chi connectivity index (χ4n) is 2.57. The number of benzene rings is 1. The molecule has 3 rings (SSSR count). The lowest BCUT2D eigenvalue weighted by Crippen LogP contribution is -2.29. The Bertz CT molecular complexity index is 702. The van der Waals surface area contributed by atoms with E-state index in [4.69, 9.17) is 5.11 Å². The molecule has 2 aromatic rings. The minimum atomic E-state index is -1.00. The minimum absolute atomic E-state index is 0.161. The number of carboxylic acid groups (broad SMARTS) is 1. The minimum Gasteiger partial charge on any atom is -0.478 e. The van der Waals surface area contributed by atoms with Gasteiger partial charge in [0, 0.05) is 12.6 Å². The molecule has 2 heterocycles. The molecule has 4 nitrogen and oxygen atoms in total. The summed E-state index contributed by atoms with van der Waals surface area (Å²) in [6.07, 6.45) is 1.89. The number of nitrogens with one attached hydrogen (secondary N) is 1. The lowest BCUT2D eigenvalue weighted by atomic mass is 9.89. The van der Waals surface area contributed by atoms with Gasteiger partial charge in [0.15, 0.2) is 0 Å². The number of halogens is 1. The second-order valence-electron chi connectivity index (χ2n) is 5.18. The van der Waals surface area contributed by atoms with Gasteiger partial charge in [-0.1, -0.05) is 12.1 Å². The number of hydrogen-bond donors (Lipinski definition) is 2. The lowest BCUT2D eigenvalue weighted by molar-refractivity contribution is 0.0696. The zero-order valence-electron chi connectivity index (χ0n) is 10.9. The van der Waals surface area contributed by atoms with Crippen molar-refractivity contribution in [3.05, 3.63) is 59.0 Å². The number of anilines is 1. The molecule has 0 amide bonds. The van der Waals surface area contributed by atoms with E-state index in [1.165, 1.54) is 18.3 Å². The van der Waals surface area contributed by atoms with E-state index >= 15 is 0 Å². The molecule has 0 saturated heterocycles. The van der Waals surface area contributed by atoms with Crippen molar-refractivity contribution in [1.82, 2.24) is 4.98 Å². The van der Waals surface area contributed by atoms with Crippen LogP contribution in [0.5, 0.6) is 0 Å². The van der Waals surface area contributed by atoms with Gasteiger partial charge in [-0.05, 0) is 36.2 Å². The number of aromatic nitrogens is 1. The van der Waals surface area contributed by atoms with Gasteiger partial charge < -0.3 is 10.4 Å². The Hall–Kier alpha value is -2.43. The highest BCUT2D eigenvalue weighted by atomic mass is 19.1. The third-order valence-electron chi connectivity index (χ3n) is 3.61. The summed E-state index contributed by atoms with van der Waals surface area (Å²) in [5.74, 6) is -0.637. The second-order valence-corrected chi connectivity index (χ2v) is 5.18. The topological polar surface area (TPSA) is 62.2 Å². The molecule has 0 radical (unpaired) electrons. The van der Waals surface area contributed by atoms with E-state index < -0.39 is 11.5 Å². The normalized spacial score (nSPS) is 20.3. The van der Waals surface area contributed by atoms with Gasteiger partial charge in [-0.25, -0.2) is 14.2 Å². The third kappa shape index (κ3) is 2.01. The van der Waals surface area contributed by atoms with E-state index in [9.17, 15) is 9.18 Å². The Morgan fingerprint density at radius 1 is 1.45 bits per heavy atom. The van der Waals surface area contributed by atoms with E-state index in [1.54, 1.807) is 12.1 Å². The van der Waals surface area contributed by atoms with Crippen molar-refractivity contribution in [3.8, 4) is 0 Å². The fraction of sp³-hybridized carbons (Fsp3) is 0.200. The van der Waals surface area contributed by atoms with Gasteiger partial charge in [-0.15, -0.1) is 0 Å². The molecule has 1 aliphatic heterocycles. The first-order valence-corrected chi connectivity index (χ1v) is 6.24. The van der Waals surface area contributed by atoms with Crippen LogP contribution in [-0.2, 0) is 12.0 Å². The van der Waals surface area contributed by atoms with Gasteiger partial charge in [0.2, 0.25) is 0 Å². The molecule has 1 aromatic heterocycles. The van der Waals surface area contributed by atoms with E-state index in [1.807, 2.05) is 13.0 Å². The van der Waals surface area contributed by atoms with Crippen LogP contribution >= 0.6 is 0 Å². The highest BCUT2D eigenvalue weighted by Gasteiger charge is 2.35. The van der Waals surface area contributed by atoms with Gasteiger partial charge >= 0.3 is 5.97 Å². The molecule has 1 aliphatic rings. The van der Waals surface area contributed by atoms with Gasteiger partial charge in [-0.2, -0.15) is 0 Å². The highest BCUT2D eigenvalue weighted by molar-refractivity contribution is 5.88. The van der Waals surface area contributed by atoms with Crippen LogP contribution < -0.4 is 5.32 Å². The molecule has 2 N–H and O–H groups in total. The number of aromatic carboxylic acids is 1. The molecule has 0 spiro atoms. The number of nitrogens with zero attached hydrogens (tertiary/aromatic N) is 1. The van der Waals surface area contributed by atoms with E-state index in [2.05, 4.69) is 10.3 Å². The largest absolute Gasteiger partial charge is 0.478 e. The number of fused-ring (bicyclic) bond motifs is 1. The summed E-state index contributed by atoms with van der Waals surface area (Å²) in [4.78, 5) is 15.1. The maximum atomic E-state index is 13.4. The summed E-state index contributed by atoms with van der Waals surface area (Å²) in [7, 11) is 0. The van der Waals surface area contributed by atoms with Crippen molar-refractivity contribution in [3.63, 3.8) is 0 Å². The van der Waals surface area contributed by atoms with E-state index in [0.717, 1.165) is 11.1 Å². The summed E-state index contributed by atoms with van der Waals surface area (Å²) < 4.78 is 13.4. The summed E-state index contributed by atoms with van der Waals surface area (Å²) in [5, 5.41) is 12.2. The standard InChI is InChI=1S/C15H13FN2O2/c1-15(11-3-2-4-12(16)6-11)7-9-5-10(14(19)20)8-17-13(9)18-15/h2-6,8H,7H2,1H3,(H,17,18)(H,19,20)/t15-/m1/s1. The molecule has 1 aromatic carbocycles. The Balaban J connectivity index is 1.98. The van der Waals surface area contributed by atoms with Crippen molar-refractivity contribution in [1.29, 1.82) is 0 Å². The van der Waals surface area contributed by atoms with Crippen molar-refractivity contribution < 1.29 is 14.3 Å². The number of pyridine rings is 1. The van der Waals surface area contributed by atoms with Crippen LogP contribution in [0.2, 0.25) is 0 Å². The predicted octanol–water partition coefficient (Wildman–Crippen LogP) is 2.80. The van der Waals surface area contributed by atoms with Crippen molar-refractivity contribution in [2.45, 2.75) is 18.9 Å². The Labute approximate surface area is 115 Å². The molecule has 0 bridgehead atoms. The molecular weight excluding hydrogens is 259 g/mol. The predicted molar refractivity (Wildman–Crippen MR) is 72.3 cm³/mol. The number of carbonyl (C=O) groups is 1. The number of rotatable bonds is 2. The van der Waals surface area contributed by atoms with Crippen molar-refractivity contribution >= 4 is 11.8 Å². The monoisotopic (exact) mass is 272 g/mol. The first kappa shape index (κ1) is 12.6. The van der Waals surface area contributed by atoms with Gasteiger partial charge in [0.1, 0.15) is 11.6 Å². The summed E-state index contributed by atoms with van der Waals surface area (Å²) in [6.45, 7) is 1.95. The summed E-state index contributed by atoms with van der Waals surface area (Å²) in [6, 6.07) is 8.01. The number of carboxylic acids is 1. The van der Waals surface area contributed by atoms with Crippen LogP contribution in [0.25, 0.3) is 0 Å². The van der Waals surface area contributed by atoms with Crippen LogP contribution in [-0.4, -0.2) is 16.1 Å². The van der Waals surface area contributed by atoms with E-state index in [0.29, 0.717) is 12.2 Å². The summed E-state index contributed by atoms with van der Waals surface area (Å²) in [5.41, 5.74) is 1.33. The second kappa shape index (κ2) is 4.30. The zero-order chi connectivity index (χ0) is 14.3. The maximum Gasteiger partial charge on any atom is 0.337 e. The third-order valence-corrected chi connectivity index (χ3v) is 3.61. The van der Waals surface area contributed by atoms with Crippen LogP contribution in [0.1, 0.15) is 28.4 Å². The molecular formula is C15H13FN2O2. The number of hydrogen-bond acceptors (Lipinski definition) is 3. The zero-order valence-corrected chi connectivity index (χ0v) is 10.9. The first-order chi connectivity index (χ1) is 9.48. The van der Waals surface area contributed by atoms with Crippen molar-refractivity contribution in [2.24, 2.45) is 0 Å². The molecule has 1 atom stereocenters. The smallest absolute Gasteiger partial charge is 0.337 e. The van der Waals surface area contributed by atoms with Crippen LogP contribution in [0.15, 0.2) is 36.5 Å². The maximum absolute atomic E-state index is 13.4. The average molecular weight is 272 g/mol.